The molecule has 6 aromatic heterocycles. The molecule has 8 aromatic rings. The Labute approximate surface area is 513 Å². The topological polar surface area (TPSA) is 310 Å². The molecular weight excluding hydrogens is 1210 g/mol. The number of aromatic nitrogens is 12. The summed E-state index contributed by atoms with van der Waals surface area (Å²) in [5.74, 6) is 0.703. The van der Waals surface area contributed by atoms with Crippen LogP contribution in [-0.2, 0) is 19.1 Å². The minimum absolute atomic E-state index is 0.127. The first kappa shape index (κ1) is 60.8. The van der Waals surface area contributed by atoms with Crippen LogP contribution in [0.4, 0.5) is 77.2 Å². The second kappa shape index (κ2) is 28.3. The largest absolute Gasteiger partial charge is 0.374 e. The molecule has 5 atom stereocenters. The van der Waals surface area contributed by atoms with Gasteiger partial charge in [-0.3, -0.25) is 20.2 Å². The van der Waals surface area contributed by atoms with E-state index in [9.17, 15) is 27.2 Å². The van der Waals surface area contributed by atoms with Gasteiger partial charge >= 0.3 is 0 Å². The maximum atomic E-state index is 14.2. The van der Waals surface area contributed by atoms with Crippen molar-refractivity contribution in [2.75, 3.05) is 136 Å². The van der Waals surface area contributed by atoms with Crippen molar-refractivity contribution >= 4 is 105 Å². The number of rotatable bonds is 19. The number of benzene rings is 2. The summed E-state index contributed by atoms with van der Waals surface area (Å²) in [5.41, 5.74) is 6.97. The summed E-state index contributed by atoms with van der Waals surface area (Å²) in [6, 6.07) is 20.6. The van der Waals surface area contributed by atoms with Gasteiger partial charge in [0.1, 0.15) is 24.0 Å². The van der Waals surface area contributed by atoms with Crippen molar-refractivity contribution in [3.63, 3.8) is 0 Å². The number of nitrogen functional groups attached to an aromatic ring is 1. The molecule has 462 valence electrons. The van der Waals surface area contributed by atoms with Gasteiger partial charge in [-0.05, 0) is 91.1 Å². The number of amides is 2. The van der Waals surface area contributed by atoms with Crippen molar-refractivity contribution in [1.82, 2.24) is 61.2 Å². The van der Waals surface area contributed by atoms with Gasteiger partial charge in [-0.2, -0.15) is 15.3 Å². The number of halogens is 4. The second-order valence-corrected chi connectivity index (χ2v) is 23.8. The zero-order valence-corrected chi connectivity index (χ0v) is 49.9. The van der Waals surface area contributed by atoms with Crippen LogP contribution in [0, 0.1) is 11.6 Å². The smallest absolute Gasteiger partial charge is 0.259 e. The number of methoxy groups -OCH3 is 2. The summed E-state index contributed by atoms with van der Waals surface area (Å²) >= 11 is 3.80. The van der Waals surface area contributed by atoms with E-state index in [4.69, 9.17) is 15.2 Å². The Morgan fingerprint density at radius 2 is 0.864 bits per heavy atom. The lowest BCUT2D eigenvalue weighted by atomic mass is 10.0. The molecule has 0 saturated carbocycles. The fourth-order valence-corrected chi connectivity index (χ4v) is 12.4. The predicted molar refractivity (Wildman–Crippen MR) is 327 cm³/mol. The fourth-order valence-electron chi connectivity index (χ4n) is 10.4. The molecule has 0 unspecified atom stereocenters. The molecule has 0 radical (unpaired) electrons. The average molecular weight is 1270 g/mol. The first-order valence-corrected chi connectivity index (χ1v) is 30.4. The molecule has 34 heteroatoms. The second-order valence-electron chi connectivity index (χ2n) is 20.9. The van der Waals surface area contributed by atoms with Crippen molar-refractivity contribution in [3.05, 3.63) is 114 Å². The molecular formula is C54H61F4N23O4S3. The Hall–Kier alpha value is -8.86. The van der Waals surface area contributed by atoms with Crippen LogP contribution in [-0.4, -0.2) is 183 Å². The van der Waals surface area contributed by atoms with Gasteiger partial charge in [-0.1, -0.05) is 46.1 Å². The van der Waals surface area contributed by atoms with Crippen molar-refractivity contribution in [2.45, 2.75) is 61.9 Å². The van der Waals surface area contributed by atoms with Crippen LogP contribution < -0.4 is 56.8 Å². The zero-order valence-electron chi connectivity index (χ0n) is 47.4. The van der Waals surface area contributed by atoms with E-state index in [-0.39, 0.29) is 49.6 Å². The fraction of sp³-hybridized carbons (Fsp3) is 0.407. The van der Waals surface area contributed by atoms with E-state index in [0.29, 0.717) is 42.8 Å². The third-order valence-corrected chi connectivity index (χ3v) is 17.0. The Balaban J connectivity index is 0.000000144. The summed E-state index contributed by atoms with van der Waals surface area (Å²) < 4.78 is 65.7. The molecule has 0 aliphatic carbocycles. The van der Waals surface area contributed by atoms with Crippen LogP contribution in [0.1, 0.15) is 42.6 Å². The van der Waals surface area contributed by atoms with E-state index in [1.54, 1.807) is 28.4 Å². The highest BCUT2D eigenvalue weighted by Crippen LogP contribution is 2.34. The van der Waals surface area contributed by atoms with E-state index in [0.717, 1.165) is 81.1 Å². The van der Waals surface area contributed by atoms with Crippen molar-refractivity contribution in [3.8, 4) is 0 Å². The van der Waals surface area contributed by atoms with Crippen molar-refractivity contribution < 1.29 is 36.6 Å². The predicted octanol–water partition coefficient (Wildman–Crippen LogP) is 5.89. The van der Waals surface area contributed by atoms with Gasteiger partial charge in [0.25, 0.3) is 11.8 Å². The minimum atomic E-state index is -0.993. The molecule has 88 heavy (non-hydrogen) atoms. The normalized spacial score (nSPS) is 18.9. The number of hydrogen-bond acceptors (Lipinski definition) is 28. The maximum absolute atomic E-state index is 14.2. The molecule has 0 spiro atoms. The first-order chi connectivity index (χ1) is 42.8. The maximum Gasteiger partial charge on any atom is 0.259 e. The molecule has 7 N–H and O–H groups in total. The number of nitrogens with one attached hydrogen (secondary N) is 5. The van der Waals surface area contributed by atoms with E-state index in [1.807, 2.05) is 36.4 Å². The third kappa shape index (κ3) is 15.3. The van der Waals surface area contributed by atoms with Gasteiger partial charge in [0.05, 0.1) is 37.6 Å². The van der Waals surface area contributed by atoms with Crippen LogP contribution >= 0.6 is 34.0 Å². The molecule has 11 heterocycles. The molecule has 5 aliphatic heterocycles. The Bertz CT molecular complexity index is 3400. The lowest BCUT2D eigenvalue weighted by Crippen LogP contribution is -2.48. The molecule has 27 nitrogen and oxygen atoms in total. The molecule has 5 aliphatic rings. The van der Waals surface area contributed by atoms with Gasteiger partial charge in [0, 0.05) is 90.2 Å². The molecule has 2 amide bonds. The number of anilines is 11. The van der Waals surface area contributed by atoms with Gasteiger partial charge in [-0.25, -0.2) is 17.6 Å². The van der Waals surface area contributed by atoms with E-state index in [2.05, 4.69) is 102 Å². The van der Waals surface area contributed by atoms with Crippen molar-refractivity contribution in [2.24, 2.45) is 0 Å². The lowest BCUT2D eigenvalue weighted by Gasteiger charge is -2.36. The van der Waals surface area contributed by atoms with Gasteiger partial charge in [0.2, 0.25) is 30.8 Å². The number of hydrogen-bond donors (Lipinski definition) is 6. The quantitative estimate of drug-likeness (QED) is 0.0515. The highest BCUT2D eigenvalue weighted by Gasteiger charge is 2.33. The zero-order chi connectivity index (χ0) is 61.1. The molecule has 5 saturated heterocycles. The SMILES string of the molecule is CO[C@@H](C(=O)Nc1nnc(N[C@@H]2CCN(c3cccnn3)C2)s1)c1ccc(F)c(N2CC(F)C2)c1.CO[C@H](C(=O)Nc1nnc(N[C@@H]2CCN(c3cccnn3)C2)s1)c1ccc(F)c(N2CC(F)C2)c1.Nc1nnc(N[C@@H]2CCN(c3cccnn3)C2)s1. The Morgan fingerprint density at radius 3 is 1.19 bits per heavy atom. The van der Waals surface area contributed by atoms with Gasteiger partial charge < -0.3 is 55.7 Å². The van der Waals surface area contributed by atoms with E-state index < -0.39 is 48.0 Å². The molecule has 0 bridgehead atoms. The van der Waals surface area contributed by atoms with Crippen LogP contribution in [0.5, 0.6) is 0 Å². The average Bonchev–Trinajstić information content (AvgIpc) is 2.29. The number of carbonyl (C=O) groups is 2. The summed E-state index contributed by atoms with van der Waals surface area (Å²) in [6.45, 7) is 5.55. The summed E-state index contributed by atoms with van der Waals surface area (Å²) in [5, 5.41) is 66.8. The summed E-state index contributed by atoms with van der Waals surface area (Å²) in [4.78, 5) is 35.5. The minimum Gasteiger partial charge on any atom is -0.374 e. The molecule has 13 rings (SSSR count). The number of ether oxygens (including phenoxy) is 2. The first-order valence-electron chi connectivity index (χ1n) is 28.0. The van der Waals surface area contributed by atoms with Crippen molar-refractivity contribution in [1.29, 1.82) is 0 Å². The monoisotopic (exact) mass is 1270 g/mol. The molecule has 5 fully saturated rings. The van der Waals surface area contributed by atoms with E-state index in [1.165, 1.54) is 84.6 Å². The number of carbonyl (C=O) groups excluding carboxylic acids is 2. The van der Waals surface area contributed by atoms with Crippen LogP contribution in [0.15, 0.2) is 91.4 Å². The highest BCUT2D eigenvalue weighted by molar-refractivity contribution is 7.19. The highest BCUT2D eigenvalue weighted by atomic mass is 32.1. The van der Waals surface area contributed by atoms with Crippen LogP contribution in [0.2, 0.25) is 0 Å². The third-order valence-electron chi connectivity index (χ3n) is 14.8. The number of nitrogens with zero attached hydrogens (tertiary/aromatic N) is 17. The van der Waals surface area contributed by atoms with Gasteiger partial charge in [-0.15, -0.1) is 45.9 Å². The number of alkyl halides is 2. The van der Waals surface area contributed by atoms with E-state index >= 15 is 0 Å². The Kier molecular flexibility index (Phi) is 19.6. The van der Waals surface area contributed by atoms with Crippen LogP contribution in [0.25, 0.3) is 0 Å². The Morgan fingerprint density at radius 1 is 0.500 bits per heavy atom. The standard InChI is InChI=1S/2C22H24F2N8O2S.C10H13N7S/c2*1-34-19(13-4-5-16(24)17(9-13)32-10-14(23)11-32)20(33)27-22-30-29-21(35-22)26-15-6-8-31(12-15)18-3-2-7-25-28-18;11-9-15-16-10(18-9)13-7-3-5-17(6-7)8-2-1-4-12-14-8/h2*2-5,7,9,14-15,19H,6,8,10-12H2,1H3,(H,26,29)(H,27,30,33);1-2,4,7H,3,5-6H2,(H2,11,15)(H,13,16)/t15-,19+;15-,19-;7-/m111/s1. The van der Waals surface area contributed by atoms with Crippen LogP contribution in [0.3, 0.4) is 0 Å². The summed E-state index contributed by atoms with van der Waals surface area (Å²) in [7, 11) is 2.79. The lowest BCUT2D eigenvalue weighted by molar-refractivity contribution is -0.126. The van der Waals surface area contributed by atoms with Gasteiger partial charge in [0.15, 0.2) is 29.7 Å². The summed E-state index contributed by atoms with van der Waals surface area (Å²) in [6.07, 6.45) is 3.87. The molecule has 2 aromatic carbocycles. The number of nitrogens with two attached hydrogens (primary N) is 1.